The molecule has 0 aliphatic heterocycles. The van der Waals surface area contributed by atoms with Gasteiger partial charge in [0.2, 0.25) is 15.9 Å². The third kappa shape index (κ3) is 4.27. The molecule has 8 heteroatoms. The smallest absolute Gasteiger partial charge is 0.244 e. The van der Waals surface area contributed by atoms with E-state index in [2.05, 4.69) is 37.2 Å². The van der Waals surface area contributed by atoms with Crippen molar-refractivity contribution >= 4 is 47.8 Å². The van der Waals surface area contributed by atoms with E-state index in [1.54, 1.807) is 19.1 Å². The quantitative estimate of drug-likeness (QED) is 0.802. The summed E-state index contributed by atoms with van der Waals surface area (Å²) in [5, 5.41) is 2.56. The molecule has 0 heterocycles. The lowest BCUT2D eigenvalue weighted by Crippen LogP contribution is -2.38. The summed E-state index contributed by atoms with van der Waals surface area (Å²) < 4.78 is 26.8. The minimum atomic E-state index is -3.70. The third-order valence-corrected chi connectivity index (χ3v) is 5.60. The minimum Gasteiger partial charge on any atom is -0.355 e. The molecule has 0 fully saturated rings. The van der Waals surface area contributed by atoms with Crippen molar-refractivity contribution in [2.75, 3.05) is 20.1 Å². The van der Waals surface area contributed by atoms with Crippen LogP contribution in [0.15, 0.2) is 32.0 Å². The summed E-state index contributed by atoms with van der Waals surface area (Å²) in [5.74, 6) is -0.332. The summed E-state index contributed by atoms with van der Waals surface area (Å²) in [4.78, 5) is 11.6. The molecule has 0 aromatic heterocycles. The molecule has 0 aliphatic rings. The van der Waals surface area contributed by atoms with Crippen molar-refractivity contribution in [3.8, 4) is 0 Å². The number of carbonyl (C=O) groups excluding carboxylic acids is 1. The van der Waals surface area contributed by atoms with Crippen LogP contribution in [0.5, 0.6) is 0 Å². The van der Waals surface area contributed by atoms with Crippen molar-refractivity contribution in [2.24, 2.45) is 0 Å². The number of sulfonamides is 1. The molecule has 1 amide bonds. The molecule has 1 aromatic rings. The average molecular weight is 414 g/mol. The van der Waals surface area contributed by atoms with Gasteiger partial charge in [-0.25, -0.2) is 8.42 Å². The summed E-state index contributed by atoms with van der Waals surface area (Å²) in [7, 11) is -2.32. The topological polar surface area (TPSA) is 66.5 Å². The maximum Gasteiger partial charge on any atom is 0.244 e. The van der Waals surface area contributed by atoms with Crippen molar-refractivity contribution in [1.29, 1.82) is 0 Å². The molecule has 0 aliphatic carbocycles. The summed E-state index contributed by atoms with van der Waals surface area (Å²) >= 11 is 6.47. The van der Waals surface area contributed by atoms with Crippen molar-refractivity contribution in [2.45, 2.75) is 11.8 Å². The van der Waals surface area contributed by atoms with Crippen molar-refractivity contribution in [3.05, 3.63) is 27.1 Å². The van der Waals surface area contributed by atoms with Crippen LogP contribution >= 0.6 is 31.9 Å². The maximum atomic E-state index is 12.3. The number of halogens is 2. The Balaban J connectivity index is 3.00. The number of nitrogens with zero attached hydrogens (tertiary/aromatic N) is 1. The lowest BCUT2D eigenvalue weighted by molar-refractivity contribution is -0.121. The highest BCUT2D eigenvalue weighted by Crippen LogP contribution is 2.27. The molecule has 0 radical (unpaired) electrons. The first-order valence-corrected chi connectivity index (χ1v) is 8.49. The molecule has 19 heavy (non-hydrogen) atoms. The van der Waals surface area contributed by atoms with E-state index in [1.807, 2.05) is 0 Å². The van der Waals surface area contributed by atoms with Crippen LogP contribution in [0, 0.1) is 0 Å². The summed E-state index contributed by atoms with van der Waals surface area (Å²) in [6.45, 7) is 2.03. The number of rotatable bonds is 5. The fourth-order valence-corrected chi connectivity index (χ4v) is 4.22. The number of carbonyl (C=O) groups is 1. The molecule has 0 atom stereocenters. The molecule has 5 nitrogen and oxygen atoms in total. The van der Waals surface area contributed by atoms with Crippen LogP contribution in [-0.2, 0) is 14.8 Å². The van der Waals surface area contributed by atoms with Gasteiger partial charge in [-0.2, -0.15) is 4.31 Å². The van der Waals surface area contributed by atoms with Crippen LogP contribution in [0.3, 0.4) is 0 Å². The number of hydrogen-bond donors (Lipinski definition) is 1. The summed E-state index contributed by atoms with van der Waals surface area (Å²) in [6.07, 6.45) is 0. The largest absolute Gasteiger partial charge is 0.355 e. The second-order valence-corrected chi connectivity index (χ2v) is 7.57. The molecule has 106 valence electrons. The zero-order valence-electron chi connectivity index (χ0n) is 10.5. The van der Waals surface area contributed by atoms with Gasteiger partial charge >= 0.3 is 0 Å². The summed E-state index contributed by atoms with van der Waals surface area (Å²) in [5.41, 5.74) is 0. The Kier molecular flexibility index (Phi) is 5.97. The van der Waals surface area contributed by atoms with Crippen LogP contribution in [0.1, 0.15) is 6.92 Å². The van der Waals surface area contributed by atoms with Gasteiger partial charge in [-0.3, -0.25) is 4.79 Å². The molecule has 1 N–H and O–H groups in total. The van der Waals surface area contributed by atoms with Gasteiger partial charge in [0.25, 0.3) is 0 Å². The van der Waals surface area contributed by atoms with E-state index in [4.69, 9.17) is 0 Å². The van der Waals surface area contributed by atoms with Gasteiger partial charge in [-0.05, 0) is 41.1 Å². The van der Waals surface area contributed by atoms with E-state index in [-0.39, 0.29) is 17.3 Å². The van der Waals surface area contributed by atoms with E-state index in [1.165, 1.54) is 13.1 Å². The van der Waals surface area contributed by atoms with Crippen molar-refractivity contribution in [3.63, 3.8) is 0 Å². The minimum absolute atomic E-state index is 0.127. The highest BCUT2D eigenvalue weighted by Gasteiger charge is 2.24. The van der Waals surface area contributed by atoms with Gasteiger partial charge in [0.1, 0.15) is 0 Å². The van der Waals surface area contributed by atoms with Crippen LogP contribution < -0.4 is 5.32 Å². The van der Waals surface area contributed by atoms with Gasteiger partial charge in [-0.1, -0.05) is 15.9 Å². The zero-order valence-corrected chi connectivity index (χ0v) is 14.5. The first-order chi connectivity index (χ1) is 8.78. The van der Waals surface area contributed by atoms with Crippen molar-refractivity contribution < 1.29 is 13.2 Å². The Bertz CT molecular complexity index is 575. The lowest BCUT2D eigenvalue weighted by Gasteiger charge is -2.17. The number of amides is 1. The maximum absolute atomic E-state index is 12.3. The number of hydrogen-bond acceptors (Lipinski definition) is 3. The van der Waals surface area contributed by atoms with Crippen LogP contribution in [-0.4, -0.2) is 38.8 Å². The Morgan fingerprint density at radius 3 is 2.53 bits per heavy atom. The molecule has 0 saturated heterocycles. The van der Waals surface area contributed by atoms with Gasteiger partial charge in [0.05, 0.1) is 11.4 Å². The molecule has 1 rings (SSSR count). The Labute approximate surface area is 129 Å². The fraction of sp³-hybridized carbons (Fsp3) is 0.364. The predicted molar refractivity (Wildman–Crippen MR) is 80.3 cm³/mol. The zero-order chi connectivity index (χ0) is 14.6. The van der Waals surface area contributed by atoms with E-state index in [0.717, 1.165) is 8.78 Å². The molecule has 0 spiro atoms. The molecule has 0 saturated carbocycles. The van der Waals surface area contributed by atoms with Crippen LogP contribution in [0.2, 0.25) is 0 Å². The second-order valence-electron chi connectivity index (χ2n) is 3.79. The lowest BCUT2D eigenvalue weighted by atomic mass is 10.4. The Morgan fingerprint density at radius 1 is 1.37 bits per heavy atom. The Hall–Kier alpha value is -0.440. The number of nitrogens with one attached hydrogen (secondary N) is 1. The molecule has 1 aromatic carbocycles. The van der Waals surface area contributed by atoms with E-state index in [0.29, 0.717) is 11.0 Å². The van der Waals surface area contributed by atoms with E-state index >= 15 is 0 Å². The third-order valence-electron chi connectivity index (χ3n) is 2.32. The molecule has 0 unspecified atom stereocenters. The van der Waals surface area contributed by atoms with Gasteiger partial charge < -0.3 is 5.32 Å². The monoisotopic (exact) mass is 412 g/mol. The predicted octanol–water partition coefficient (Wildman–Crippen LogP) is 1.97. The van der Waals surface area contributed by atoms with Crippen molar-refractivity contribution in [1.82, 2.24) is 9.62 Å². The van der Waals surface area contributed by atoms with E-state index in [9.17, 15) is 13.2 Å². The normalized spacial score (nSPS) is 11.6. The summed E-state index contributed by atoms with van der Waals surface area (Å²) in [6, 6.07) is 4.77. The first-order valence-electron chi connectivity index (χ1n) is 5.47. The standard InChI is InChI=1S/C11H14Br2N2O3S/c1-3-14-11(16)7-15(2)19(17,18)10-5-4-8(12)6-9(10)13/h4-6H,3,7H2,1-2H3,(H,14,16). The highest BCUT2D eigenvalue weighted by atomic mass is 79.9. The highest BCUT2D eigenvalue weighted by molar-refractivity contribution is 9.11. The van der Waals surface area contributed by atoms with Gasteiger partial charge in [0, 0.05) is 22.5 Å². The number of benzene rings is 1. The Morgan fingerprint density at radius 2 is 2.00 bits per heavy atom. The second kappa shape index (κ2) is 6.83. The van der Waals surface area contributed by atoms with Crippen LogP contribution in [0.4, 0.5) is 0 Å². The average Bonchev–Trinajstić information content (AvgIpc) is 2.28. The van der Waals surface area contributed by atoms with Crippen LogP contribution in [0.25, 0.3) is 0 Å². The molecule has 0 bridgehead atoms. The molecular weight excluding hydrogens is 400 g/mol. The van der Waals surface area contributed by atoms with Gasteiger partial charge in [-0.15, -0.1) is 0 Å². The van der Waals surface area contributed by atoms with Gasteiger partial charge in [0.15, 0.2) is 0 Å². The SMILES string of the molecule is CCNC(=O)CN(C)S(=O)(=O)c1ccc(Br)cc1Br. The molecular formula is C11H14Br2N2O3S. The fourth-order valence-electron chi connectivity index (χ4n) is 1.39. The van der Waals surface area contributed by atoms with E-state index < -0.39 is 10.0 Å². The first kappa shape index (κ1) is 16.6. The number of likely N-dealkylation sites (N-methyl/N-ethyl adjacent to an activating group) is 2.